The lowest BCUT2D eigenvalue weighted by Gasteiger charge is -2.26. The van der Waals surface area contributed by atoms with E-state index in [1.54, 1.807) is 19.9 Å². The number of nitrogen functional groups attached to an aromatic ring is 1. The van der Waals surface area contributed by atoms with Gasteiger partial charge in [0.05, 0.1) is 11.8 Å². The monoisotopic (exact) mass is 312 g/mol. The molecule has 1 aliphatic rings. The number of hydrogen-bond donors (Lipinski definition) is 3. The lowest BCUT2D eigenvalue weighted by molar-refractivity contribution is 0.102. The van der Waals surface area contributed by atoms with Gasteiger partial charge in [-0.05, 0) is 50.2 Å². The van der Waals surface area contributed by atoms with E-state index < -0.39 is 10.0 Å². The number of nitrogens with two attached hydrogens (primary N) is 1. The minimum Gasteiger partial charge on any atom is -0.397 e. The van der Waals surface area contributed by atoms with Gasteiger partial charge in [0, 0.05) is 6.54 Å². The smallest absolute Gasteiger partial charge is 0.242 e. The highest BCUT2D eigenvalue weighted by molar-refractivity contribution is 7.89. The summed E-state index contributed by atoms with van der Waals surface area (Å²) in [6.45, 7) is 3.90. The molecule has 118 valence electrons. The summed E-state index contributed by atoms with van der Waals surface area (Å²) in [4.78, 5) is 0.179. The second kappa shape index (κ2) is 6.34. The molecule has 1 fully saturated rings. The lowest BCUT2D eigenvalue weighted by atomic mass is 9.87. The normalized spacial score (nSPS) is 23.2. The average Bonchev–Trinajstić information content (AvgIpc) is 2.41. The summed E-state index contributed by atoms with van der Waals surface area (Å²) in [6, 6.07) is 3.59. The Morgan fingerprint density at radius 3 is 2.62 bits per heavy atom. The Morgan fingerprint density at radius 1 is 1.29 bits per heavy atom. The van der Waals surface area contributed by atoms with Crippen LogP contribution in [0.25, 0.3) is 0 Å². The van der Waals surface area contributed by atoms with E-state index in [-0.39, 0.29) is 16.9 Å². The number of aliphatic hydroxyl groups is 1. The molecule has 0 amide bonds. The molecule has 0 heterocycles. The first kappa shape index (κ1) is 16.3. The van der Waals surface area contributed by atoms with Crippen LogP contribution in [0.2, 0.25) is 0 Å². The van der Waals surface area contributed by atoms with Crippen molar-refractivity contribution >= 4 is 15.7 Å². The van der Waals surface area contributed by atoms with Gasteiger partial charge in [0.15, 0.2) is 0 Å². The molecule has 1 aromatic carbocycles. The van der Waals surface area contributed by atoms with E-state index in [1.165, 1.54) is 0 Å². The Hall–Kier alpha value is -1.11. The molecule has 0 spiro atoms. The van der Waals surface area contributed by atoms with Crippen LogP contribution in [0.4, 0.5) is 5.69 Å². The number of hydrogen-bond acceptors (Lipinski definition) is 4. The summed E-state index contributed by atoms with van der Waals surface area (Å²) in [5, 5.41) is 9.65. The van der Waals surface area contributed by atoms with Crippen molar-refractivity contribution in [1.29, 1.82) is 0 Å². The van der Waals surface area contributed by atoms with Gasteiger partial charge in [-0.3, -0.25) is 0 Å². The van der Waals surface area contributed by atoms with Gasteiger partial charge < -0.3 is 10.8 Å². The number of aryl methyl sites for hydroxylation is 2. The zero-order valence-electron chi connectivity index (χ0n) is 12.6. The molecule has 2 rings (SSSR count). The van der Waals surface area contributed by atoms with Crippen LogP contribution in [0.3, 0.4) is 0 Å². The number of benzene rings is 1. The van der Waals surface area contributed by atoms with Gasteiger partial charge in [-0.25, -0.2) is 13.1 Å². The van der Waals surface area contributed by atoms with Gasteiger partial charge in [-0.1, -0.05) is 18.6 Å². The maximum absolute atomic E-state index is 12.5. The third-order valence-electron chi connectivity index (χ3n) is 4.20. The molecular formula is C15H24N2O3S. The fraction of sp³-hybridized carbons (Fsp3) is 0.600. The van der Waals surface area contributed by atoms with Gasteiger partial charge >= 0.3 is 0 Å². The summed E-state index contributed by atoms with van der Waals surface area (Å²) in [5.41, 5.74) is 7.66. The summed E-state index contributed by atoms with van der Waals surface area (Å²) in [5.74, 6) is 0.190. The van der Waals surface area contributed by atoms with Gasteiger partial charge in [0.1, 0.15) is 4.90 Å². The van der Waals surface area contributed by atoms with Crippen LogP contribution in [0.5, 0.6) is 0 Å². The van der Waals surface area contributed by atoms with Crippen molar-refractivity contribution in [1.82, 2.24) is 4.72 Å². The molecule has 1 aliphatic carbocycles. The molecule has 0 aromatic heterocycles. The first-order valence-electron chi connectivity index (χ1n) is 7.34. The molecule has 0 aliphatic heterocycles. The van der Waals surface area contributed by atoms with Crippen molar-refractivity contribution in [3.05, 3.63) is 23.3 Å². The molecule has 2 atom stereocenters. The van der Waals surface area contributed by atoms with Crippen molar-refractivity contribution in [2.45, 2.75) is 50.5 Å². The molecule has 1 saturated carbocycles. The first-order chi connectivity index (χ1) is 9.81. The van der Waals surface area contributed by atoms with Gasteiger partial charge in [-0.15, -0.1) is 0 Å². The number of rotatable bonds is 4. The molecule has 0 bridgehead atoms. The standard InChI is InChI=1S/C15H24N2O3S/c1-10-6-7-11(2)15(14(10)16)21(19,20)17-9-12-4-3-5-13(18)8-12/h6-7,12-13,17-18H,3-5,8-9,16H2,1-2H3. The molecule has 2 unspecified atom stereocenters. The Bertz CT molecular complexity index is 614. The summed E-state index contributed by atoms with van der Waals surface area (Å²) >= 11 is 0. The third kappa shape index (κ3) is 3.75. The lowest BCUT2D eigenvalue weighted by Crippen LogP contribution is -2.33. The maximum Gasteiger partial charge on any atom is 0.242 e. The molecular weight excluding hydrogens is 288 g/mol. The minimum absolute atomic E-state index is 0.179. The van der Waals surface area contributed by atoms with Crippen molar-refractivity contribution < 1.29 is 13.5 Å². The predicted molar refractivity (Wildman–Crippen MR) is 83.5 cm³/mol. The van der Waals surface area contributed by atoms with Gasteiger partial charge in [0.2, 0.25) is 10.0 Å². The number of aliphatic hydroxyl groups excluding tert-OH is 1. The van der Waals surface area contributed by atoms with Crippen LogP contribution < -0.4 is 10.5 Å². The Morgan fingerprint density at radius 2 is 1.95 bits per heavy atom. The van der Waals surface area contributed by atoms with Crippen molar-refractivity contribution in [2.24, 2.45) is 5.92 Å². The van der Waals surface area contributed by atoms with Crippen LogP contribution in [0.15, 0.2) is 17.0 Å². The second-order valence-corrected chi connectivity index (χ2v) is 7.68. The number of nitrogens with one attached hydrogen (secondary N) is 1. The van der Waals surface area contributed by atoms with Crippen molar-refractivity contribution in [3.63, 3.8) is 0 Å². The fourth-order valence-corrected chi connectivity index (χ4v) is 4.45. The van der Waals surface area contributed by atoms with E-state index in [4.69, 9.17) is 5.73 Å². The molecule has 21 heavy (non-hydrogen) atoms. The average molecular weight is 312 g/mol. The van der Waals surface area contributed by atoms with E-state index in [1.807, 2.05) is 6.07 Å². The topological polar surface area (TPSA) is 92.4 Å². The second-order valence-electron chi connectivity index (χ2n) is 5.98. The Kier molecular flexibility index (Phi) is 4.91. The van der Waals surface area contributed by atoms with Gasteiger partial charge in [0.25, 0.3) is 0 Å². The highest BCUT2D eigenvalue weighted by Crippen LogP contribution is 2.27. The largest absolute Gasteiger partial charge is 0.397 e. The Labute approximate surface area is 126 Å². The van der Waals surface area contributed by atoms with Crippen LogP contribution >= 0.6 is 0 Å². The molecule has 5 nitrogen and oxygen atoms in total. The fourth-order valence-electron chi connectivity index (χ4n) is 2.91. The zero-order valence-corrected chi connectivity index (χ0v) is 13.4. The number of anilines is 1. The summed E-state index contributed by atoms with van der Waals surface area (Å²) < 4.78 is 27.6. The zero-order chi connectivity index (χ0) is 15.6. The summed E-state index contributed by atoms with van der Waals surface area (Å²) in [7, 11) is -3.62. The first-order valence-corrected chi connectivity index (χ1v) is 8.83. The maximum atomic E-state index is 12.5. The van der Waals surface area contributed by atoms with Crippen molar-refractivity contribution in [3.8, 4) is 0 Å². The third-order valence-corrected chi connectivity index (χ3v) is 5.82. The van der Waals surface area contributed by atoms with Crippen LogP contribution in [0.1, 0.15) is 36.8 Å². The van der Waals surface area contributed by atoms with Crippen molar-refractivity contribution in [2.75, 3.05) is 12.3 Å². The molecule has 0 radical (unpaired) electrons. The van der Waals surface area contributed by atoms with E-state index in [2.05, 4.69) is 4.72 Å². The quantitative estimate of drug-likeness (QED) is 0.738. The molecule has 1 aromatic rings. The molecule has 0 saturated heterocycles. The van der Waals surface area contributed by atoms with Crippen LogP contribution in [-0.2, 0) is 10.0 Å². The van der Waals surface area contributed by atoms with E-state index >= 15 is 0 Å². The minimum atomic E-state index is -3.62. The SMILES string of the molecule is Cc1ccc(C)c(S(=O)(=O)NCC2CCCC(O)C2)c1N. The summed E-state index contributed by atoms with van der Waals surface area (Å²) in [6.07, 6.45) is 3.05. The highest BCUT2D eigenvalue weighted by atomic mass is 32.2. The van der Waals surface area contributed by atoms with Crippen LogP contribution in [-0.4, -0.2) is 26.2 Å². The van der Waals surface area contributed by atoms with Crippen LogP contribution in [0, 0.1) is 19.8 Å². The van der Waals surface area contributed by atoms with E-state index in [0.29, 0.717) is 24.2 Å². The Balaban J connectivity index is 2.14. The van der Waals surface area contributed by atoms with Gasteiger partial charge in [-0.2, -0.15) is 0 Å². The van der Waals surface area contributed by atoms with E-state index in [9.17, 15) is 13.5 Å². The predicted octanol–water partition coefficient (Wildman–Crippen LogP) is 1.72. The molecule has 6 heteroatoms. The molecule has 4 N–H and O–H groups in total. The van der Waals surface area contributed by atoms with E-state index in [0.717, 1.165) is 24.8 Å². The number of sulfonamides is 1. The highest BCUT2D eigenvalue weighted by Gasteiger charge is 2.25.